The molecule has 82 valence electrons. The van der Waals surface area contributed by atoms with Gasteiger partial charge in [-0.15, -0.1) is 0 Å². The molecule has 1 nitrogen and oxygen atoms in total. The summed E-state index contributed by atoms with van der Waals surface area (Å²) in [5.41, 5.74) is 0.706. The maximum atomic E-state index is 13.6. The molecule has 0 amide bonds. The van der Waals surface area contributed by atoms with Gasteiger partial charge in [0.15, 0.2) is 11.6 Å². The Hall–Kier alpha value is -1.48. The van der Waals surface area contributed by atoms with Gasteiger partial charge in [-0.2, -0.15) is 0 Å². The van der Waals surface area contributed by atoms with Crippen molar-refractivity contribution in [1.29, 1.82) is 0 Å². The normalized spacial score (nSPS) is 10.5. The van der Waals surface area contributed by atoms with Crippen molar-refractivity contribution in [2.24, 2.45) is 0 Å². The zero-order valence-corrected chi connectivity index (χ0v) is 9.22. The predicted molar refractivity (Wildman–Crippen MR) is 59.3 cm³/mol. The van der Waals surface area contributed by atoms with E-state index in [-0.39, 0.29) is 11.1 Å². The lowest BCUT2D eigenvalue weighted by Crippen LogP contribution is -1.94. The van der Waals surface area contributed by atoms with E-state index in [0.29, 0.717) is 10.7 Å². The second-order valence-corrected chi connectivity index (χ2v) is 3.85. The minimum absolute atomic E-state index is 0.116. The fourth-order valence-electron chi connectivity index (χ4n) is 1.40. The van der Waals surface area contributed by atoms with Crippen molar-refractivity contribution in [1.82, 2.24) is 4.98 Å². The number of pyridine rings is 1. The summed E-state index contributed by atoms with van der Waals surface area (Å²) in [4.78, 5) is 3.95. The number of aromatic nitrogens is 1. The van der Waals surface area contributed by atoms with E-state index in [2.05, 4.69) is 4.98 Å². The van der Waals surface area contributed by atoms with Gasteiger partial charge in [-0.25, -0.2) is 8.78 Å². The number of halogens is 3. The summed E-state index contributed by atoms with van der Waals surface area (Å²) in [6, 6.07) is 6.07. The van der Waals surface area contributed by atoms with Crippen molar-refractivity contribution in [3.8, 4) is 11.3 Å². The number of aryl methyl sites for hydroxylation is 1. The molecule has 2 aromatic rings. The average Bonchev–Trinajstić information content (AvgIpc) is 2.26. The van der Waals surface area contributed by atoms with Crippen LogP contribution in [0.2, 0.25) is 5.02 Å². The van der Waals surface area contributed by atoms with Crippen LogP contribution in [0.3, 0.4) is 0 Å². The molecule has 0 N–H and O–H groups in total. The van der Waals surface area contributed by atoms with Gasteiger partial charge in [0.2, 0.25) is 0 Å². The Morgan fingerprint density at radius 2 is 1.88 bits per heavy atom. The largest absolute Gasteiger partial charge is 0.256 e. The van der Waals surface area contributed by atoms with Crippen LogP contribution in [0.15, 0.2) is 30.5 Å². The highest BCUT2D eigenvalue weighted by molar-refractivity contribution is 6.30. The summed E-state index contributed by atoms with van der Waals surface area (Å²) >= 11 is 5.76. The summed E-state index contributed by atoms with van der Waals surface area (Å²) in [6.45, 7) is 1.51. The van der Waals surface area contributed by atoms with Gasteiger partial charge in [-0.1, -0.05) is 17.7 Å². The second-order valence-electron chi connectivity index (χ2n) is 3.42. The summed E-state index contributed by atoms with van der Waals surface area (Å²) in [5, 5.41) is 0.436. The molecule has 0 fully saturated rings. The minimum Gasteiger partial charge on any atom is -0.256 e. The predicted octanol–water partition coefficient (Wildman–Crippen LogP) is 3.99. The molecule has 0 saturated heterocycles. The van der Waals surface area contributed by atoms with E-state index in [1.54, 1.807) is 6.07 Å². The number of hydrogen-bond acceptors (Lipinski definition) is 1. The molecule has 1 aromatic heterocycles. The van der Waals surface area contributed by atoms with E-state index in [1.807, 2.05) is 0 Å². The molecule has 0 spiro atoms. The molecule has 0 radical (unpaired) electrons. The minimum atomic E-state index is -0.894. The van der Waals surface area contributed by atoms with Crippen LogP contribution in [0.1, 0.15) is 5.56 Å². The number of benzene rings is 1. The molecule has 0 atom stereocenters. The van der Waals surface area contributed by atoms with E-state index < -0.39 is 11.6 Å². The lowest BCUT2D eigenvalue weighted by molar-refractivity contribution is 0.505. The summed E-state index contributed by atoms with van der Waals surface area (Å²) in [5.74, 6) is -1.74. The van der Waals surface area contributed by atoms with Crippen LogP contribution in [0.25, 0.3) is 11.3 Å². The van der Waals surface area contributed by atoms with Crippen LogP contribution in [0.5, 0.6) is 0 Å². The molecular weight excluding hydrogens is 232 g/mol. The zero-order valence-electron chi connectivity index (χ0n) is 8.47. The van der Waals surface area contributed by atoms with Crippen LogP contribution in [-0.2, 0) is 0 Å². The average molecular weight is 240 g/mol. The van der Waals surface area contributed by atoms with Gasteiger partial charge >= 0.3 is 0 Å². The monoisotopic (exact) mass is 239 g/mol. The van der Waals surface area contributed by atoms with Crippen molar-refractivity contribution in [3.63, 3.8) is 0 Å². The van der Waals surface area contributed by atoms with Gasteiger partial charge in [0.05, 0.1) is 5.69 Å². The van der Waals surface area contributed by atoms with Gasteiger partial charge in [0.1, 0.15) is 0 Å². The third-order valence-electron chi connectivity index (χ3n) is 2.27. The first-order valence-electron chi connectivity index (χ1n) is 4.66. The number of hydrogen-bond donors (Lipinski definition) is 0. The van der Waals surface area contributed by atoms with Crippen molar-refractivity contribution < 1.29 is 8.78 Å². The van der Waals surface area contributed by atoms with Crippen molar-refractivity contribution in [3.05, 3.63) is 52.7 Å². The summed E-state index contributed by atoms with van der Waals surface area (Å²) in [7, 11) is 0. The summed E-state index contributed by atoms with van der Waals surface area (Å²) < 4.78 is 27.0. The third kappa shape index (κ3) is 1.91. The molecular formula is C12H8ClF2N. The van der Waals surface area contributed by atoms with Crippen molar-refractivity contribution in [2.75, 3.05) is 0 Å². The number of rotatable bonds is 1. The van der Waals surface area contributed by atoms with Crippen LogP contribution in [0.4, 0.5) is 8.78 Å². The third-order valence-corrected chi connectivity index (χ3v) is 2.51. The van der Waals surface area contributed by atoms with Gasteiger partial charge in [0, 0.05) is 16.8 Å². The lowest BCUT2D eigenvalue weighted by atomic mass is 10.1. The standard InChI is InChI=1S/C12H8ClF2N/c1-7-2-3-9(12(15)11(7)14)10-6-8(13)4-5-16-10/h2-6H,1H3. The highest BCUT2D eigenvalue weighted by atomic mass is 35.5. The van der Waals surface area contributed by atoms with Crippen LogP contribution in [-0.4, -0.2) is 4.98 Å². The molecule has 1 aromatic carbocycles. The molecule has 0 saturated carbocycles. The maximum absolute atomic E-state index is 13.6. The Morgan fingerprint density at radius 3 is 2.56 bits per heavy atom. The summed E-state index contributed by atoms with van der Waals surface area (Å²) in [6.07, 6.45) is 1.45. The molecule has 4 heteroatoms. The van der Waals surface area contributed by atoms with Gasteiger partial charge in [0.25, 0.3) is 0 Å². The Balaban J connectivity index is 2.61. The molecule has 0 bridgehead atoms. The second kappa shape index (κ2) is 4.18. The maximum Gasteiger partial charge on any atom is 0.168 e. The lowest BCUT2D eigenvalue weighted by Gasteiger charge is -2.05. The Morgan fingerprint density at radius 1 is 1.12 bits per heavy atom. The van der Waals surface area contributed by atoms with E-state index in [9.17, 15) is 8.78 Å². The quantitative estimate of drug-likeness (QED) is 0.733. The van der Waals surface area contributed by atoms with E-state index in [4.69, 9.17) is 11.6 Å². The van der Waals surface area contributed by atoms with Crippen molar-refractivity contribution >= 4 is 11.6 Å². The van der Waals surface area contributed by atoms with Gasteiger partial charge in [-0.3, -0.25) is 4.98 Å². The van der Waals surface area contributed by atoms with Gasteiger partial charge in [-0.05, 0) is 30.7 Å². The molecule has 0 aliphatic heterocycles. The fourth-order valence-corrected chi connectivity index (χ4v) is 1.56. The molecule has 2 rings (SSSR count). The van der Waals surface area contributed by atoms with Crippen molar-refractivity contribution in [2.45, 2.75) is 6.92 Å². The highest BCUT2D eigenvalue weighted by Gasteiger charge is 2.13. The highest BCUT2D eigenvalue weighted by Crippen LogP contribution is 2.26. The van der Waals surface area contributed by atoms with Gasteiger partial charge < -0.3 is 0 Å². The first-order chi connectivity index (χ1) is 7.59. The SMILES string of the molecule is Cc1ccc(-c2cc(Cl)ccn2)c(F)c1F. The van der Waals surface area contributed by atoms with Crippen LogP contribution >= 0.6 is 11.6 Å². The molecule has 16 heavy (non-hydrogen) atoms. The topological polar surface area (TPSA) is 12.9 Å². The zero-order chi connectivity index (χ0) is 11.7. The number of nitrogens with zero attached hydrogens (tertiary/aromatic N) is 1. The fraction of sp³-hybridized carbons (Fsp3) is 0.0833. The van der Waals surface area contributed by atoms with Crippen LogP contribution < -0.4 is 0 Å². The molecule has 0 aliphatic rings. The Kier molecular flexibility index (Phi) is 2.88. The molecule has 0 aliphatic carbocycles. The van der Waals surface area contributed by atoms with E-state index >= 15 is 0 Å². The Labute approximate surface area is 96.7 Å². The first kappa shape index (κ1) is 11.0. The Bertz CT molecular complexity index is 541. The first-order valence-corrected chi connectivity index (χ1v) is 5.04. The molecule has 1 heterocycles. The smallest absolute Gasteiger partial charge is 0.168 e. The van der Waals surface area contributed by atoms with E-state index in [0.717, 1.165) is 0 Å². The molecule has 0 unspecified atom stereocenters. The van der Waals surface area contributed by atoms with E-state index in [1.165, 1.54) is 31.3 Å². The van der Waals surface area contributed by atoms with Crippen LogP contribution in [0, 0.1) is 18.6 Å².